The first-order chi connectivity index (χ1) is 12.1. The largest absolute Gasteiger partial charge is 0.340 e. The van der Waals surface area contributed by atoms with Gasteiger partial charge in [-0.05, 0) is 18.2 Å². The van der Waals surface area contributed by atoms with E-state index in [-0.39, 0.29) is 11.8 Å². The minimum Gasteiger partial charge on any atom is -0.340 e. The zero-order chi connectivity index (χ0) is 17.6. The fraction of sp³-hybridized carbons (Fsp3) is 0.556. The van der Waals surface area contributed by atoms with Gasteiger partial charge in [-0.1, -0.05) is 17.7 Å². The number of benzene rings is 1. The van der Waals surface area contributed by atoms with Gasteiger partial charge in [-0.2, -0.15) is 0 Å². The maximum absolute atomic E-state index is 12.5. The lowest BCUT2D eigenvalue weighted by Gasteiger charge is -2.35. The van der Waals surface area contributed by atoms with E-state index in [9.17, 15) is 9.59 Å². The fourth-order valence-electron chi connectivity index (χ4n) is 3.30. The number of hydrogen-bond acceptors (Lipinski definition) is 4. The number of hydrogen-bond donors (Lipinski definition) is 1. The lowest BCUT2D eigenvalue weighted by atomic mass is 10.2. The average molecular weight is 365 g/mol. The Morgan fingerprint density at radius 2 is 1.72 bits per heavy atom. The summed E-state index contributed by atoms with van der Waals surface area (Å²) < 4.78 is 0. The molecule has 3 rings (SSSR count). The number of nitrogens with one attached hydrogen (secondary N) is 1. The molecule has 1 aromatic rings. The highest BCUT2D eigenvalue weighted by Gasteiger charge is 2.23. The number of carbonyl (C=O) groups excluding carboxylic acids is 2. The minimum absolute atomic E-state index is 0.0269. The molecule has 0 aliphatic carbocycles. The van der Waals surface area contributed by atoms with Gasteiger partial charge in [0.15, 0.2) is 0 Å². The van der Waals surface area contributed by atoms with Gasteiger partial charge in [-0.3, -0.25) is 14.5 Å². The summed E-state index contributed by atoms with van der Waals surface area (Å²) in [5, 5.41) is 3.84. The number of nitrogens with zero attached hydrogens (tertiary/aromatic N) is 3. The van der Waals surface area contributed by atoms with Crippen LogP contribution in [0.2, 0.25) is 5.02 Å². The molecule has 7 heteroatoms. The molecule has 0 unspecified atom stereocenters. The van der Waals surface area contributed by atoms with E-state index in [1.165, 1.54) is 0 Å². The van der Waals surface area contributed by atoms with Crippen molar-refractivity contribution in [3.05, 3.63) is 34.9 Å². The highest BCUT2D eigenvalue weighted by molar-refractivity contribution is 6.30. The van der Waals surface area contributed by atoms with Gasteiger partial charge in [0.2, 0.25) is 5.91 Å². The molecule has 2 amide bonds. The number of halogens is 1. The van der Waals surface area contributed by atoms with Gasteiger partial charge >= 0.3 is 0 Å². The van der Waals surface area contributed by atoms with Crippen LogP contribution < -0.4 is 5.32 Å². The van der Waals surface area contributed by atoms with Crippen LogP contribution in [0.4, 0.5) is 0 Å². The van der Waals surface area contributed by atoms with E-state index in [0.717, 1.165) is 45.8 Å². The van der Waals surface area contributed by atoms with E-state index in [1.54, 1.807) is 24.3 Å². The van der Waals surface area contributed by atoms with E-state index >= 15 is 0 Å². The van der Waals surface area contributed by atoms with Crippen LogP contribution in [-0.4, -0.2) is 85.4 Å². The molecule has 25 heavy (non-hydrogen) atoms. The Kier molecular flexibility index (Phi) is 6.29. The minimum atomic E-state index is 0.0269. The topological polar surface area (TPSA) is 55.9 Å². The van der Waals surface area contributed by atoms with Crippen molar-refractivity contribution in [2.75, 3.05) is 58.9 Å². The molecule has 0 atom stereocenters. The normalized spacial score (nSPS) is 19.1. The van der Waals surface area contributed by atoms with Crippen LogP contribution in [-0.2, 0) is 4.79 Å². The molecule has 2 aliphatic rings. The Labute approximate surface area is 153 Å². The van der Waals surface area contributed by atoms with Crippen LogP contribution >= 0.6 is 11.6 Å². The summed E-state index contributed by atoms with van der Waals surface area (Å²) >= 11 is 5.97. The third-order valence-corrected chi connectivity index (χ3v) is 5.08. The molecule has 6 nitrogen and oxygen atoms in total. The summed E-state index contributed by atoms with van der Waals surface area (Å²) in [7, 11) is 0. The predicted molar refractivity (Wildman–Crippen MR) is 97.9 cm³/mol. The maximum atomic E-state index is 12.5. The van der Waals surface area contributed by atoms with Gasteiger partial charge in [-0.25, -0.2) is 0 Å². The second-order valence-electron chi connectivity index (χ2n) is 6.52. The molecule has 136 valence electrons. The van der Waals surface area contributed by atoms with Crippen LogP contribution in [0.25, 0.3) is 0 Å². The summed E-state index contributed by atoms with van der Waals surface area (Å²) in [5.74, 6) is 0.262. The second-order valence-corrected chi connectivity index (χ2v) is 6.96. The summed E-state index contributed by atoms with van der Waals surface area (Å²) in [5.41, 5.74) is 0.634. The average Bonchev–Trinajstić information content (AvgIpc) is 2.66. The van der Waals surface area contributed by atoms with Crippen molar-refractivity contribution in [1.82, 2.24) is 20.0 Å². The standard InChI is InChI=1S/C18H25ClN4O2/c19-16-3-1-2-15(14-16)18(25)23-12-10-21(11-13-23)7-4-17(24)22-8-5-20-6-9-22/h1-3,14,20H,4-13H2. The molecular formula is C18H25ClN4O2. The smallest absolute Gasteiger partial charge is 0.253 e. The SMILES string of the molecule is O=C(CCN1CCN(C(=O)c2cccc(Cl)c2)CC1)N1CCNCC1. The van der Waals surface area contributed by atoms with E-state index in [0.29, 0.717) is 30.1 Å². The summed E-state index contributed by atoms with van der Waals surface area (Å²) in [4.78, 5) is 30.8. The van der Waals surface area contributed by atoms with Crippen molar-refractivity contribution in [3.63, 3.8) is 0 Å². The Morgan fingerprint density at radius 1 is 1.00 bits per heavy atom. The Bertz CT molecular complexity index is 611. The number of amides is 2. The molecule has 0 spiro atoms. The first kappa shape index (κ1) is 18.2. The lowest BCUT2D eigenvalue weighted by Crippen LogP contribution is -2.50. The maximum Gasteiger partial charge on any atom is 0.253 e. The third-order valence-electron chi connectivity index (χ3n) is 4.84. The predicted octanol–water partition coefficient (Wildman–Crippen LogP) is 0.920. The van der Waals surface area contributed by atoms with E-state index < -0.39 is 0 Å². The Balaban J connectivity index is 1.42. The van der Waals surface area contributed by atoms with Crippen molar-refractivity contribution < 1.29 is 9.59 Å². The summed E-state index contributed by atoms with van der Waals surface area (Å²) in [6, 6.07) is 7.08. The molecule has 2 saturated heterocycles. The van der Waals surface area contributed by atoms with E-state index in [2.05, 4.69) is 10.2 Å². The highest BCUT2D eigenvalue weighted by atomic mass is 35.5. The lowest BCUT2D eigenvalue weighted by molar-refractivity contribution is -0.132. The first-order valence-corrected chi connectivity index (χ1v) is 9.27. The molecule has 2 fully saturated rings. The molecule has 1 aromatic carbocycles. The van der Waals surface area contributed by atoms with Crippen LogP contribution in [0.15, 0.2) is 24.3 Å². The van der Waals surface area contributed by atoms with Crippen LogP contribution in [0.3, 0.4) is 0 Å². The number of rotatable bonds is 4. The van der Waals surface area contributed by atoms with Crippen molar-refractivity contribution in [2.45, 2.75) is 6.42 Å². The van der Waals surface area contributed by atoms with Crippen LogP contribution in [0.5, 0.6) is 0 Å². The Morgan fingerprint density at radius 3 is 2.40 bits per heavy atom. The van der Waals surface area contributed by atoms with E-state index in [4.69, 9.17) is 11.6 Å². The quantitative estimate of drug-likeness (QED) is 0.863. The van der Waals surface area contributed by atoms with Crippen molar-refractivity contribution in [2.24, 2.45) is 0 Å². The van der Waals surface area contributed by atoms with Crippen molar-refractivity contribution in [3.8, 4) is 0 Å². The van der Waals surface area contributed by atoms with Gasteiger partial charge in [-0.15, -0.1) is 0 Å². The summed E-state index contributed by atoms with van der Waals surface area (Å²) in [6.45, 7) is 7.14. The molecular weight excluding hydrogens is 340 g/mol. The molecule has 2 aliphatic heterocycles. The second kappa shape index (κ2) is 8.65. The Hall–Kier alpha value is -1.63. The zero-order valence-electron chi connectivity index (χ0n) is 14.4. The van der Waals surface area contributed by atoms with Crippen molar-refractivity contribution in [1.29, 1.82) is 0 Å². The molecule has 0 bridgehead atoms. The molecule has 0 radical (unpaired) electrons. The van der Waals surface area contributed by atoms with Gasteiger partial charge in [0.25, 0.3) is 5.91 Å². The van der Waals surface area contributed by atoms with Gasteiger partial charge in [0.1, 0.15) is 0 Å². The number of piperazine rings is 2. The monoisotopic (exact) mass is 364 g/mol. The molecule has 2 heterocycles. The molecule has 1 N–H and O–H groups in total. The number of carbonyl (C=O) groups is 2. The summed E-state index contributed by atoms with van der Waals surface area (Å²) in [6.07, 6.45) is 0.558. The molecule has 0 saturated carbocycles. The zero-order valence-corrected chi connectivity index (χ0v) is 15.2. The molecule has 0 aromatic heterocycles. The third kappa shape index (κ3) is 4.93. The van der Waals surface area contributed by atoms with Gasteiger partial charge in [0, 0.05) is 75.9 Å². The van der Waals surface area contributed by atoms with Gasteiger partial charge in [0.05, 0.1) is 0 Å². The fourth-order valence-corrected chi connectivity index (χ4v) is 3.50. The van der Waals surface area contributed by atoms with Gasteiger partial charge < -0.3 is 15.1 Å². The van der Waals surface area contributed by atoms with E-state index in [1.807, 2.05) is 9.80 Å². The van der Waals surface area contributed by atoms with Crippen LogP contribution in [0.1, 0.15) is 16.8 Å². The first-order valence-electron chi connectivity index (χ1n) is 8.89. The van der Waals surface area contributed by atoms with Crippen LogP contribution in [0, 0.1) is 0 Å². The highest BCUT2D eigenvalue weighted by Crippen LogP contribution is 2.14. The van der Waals surface area contributed by atoms with Crippen molar-refractivity contribution >= 4 is 23.4 Å².